The van der Waals surface area contributed by atoms with E-state index in [1.807, 2.05) is 6.08 Å². The van der Waals surface area contributed by atoms with Gasteiger partial charge in [-0.15, -0.1) is 0 Å². The molecule has 0 aliphatic rings. The minimum Gasteiger partial charge on any atom is -0.463 e. The van der Waals surface area contributed by atoms with Gasteiger partial charge in [0.2, 0.25) is 0 Å². The van der Waals surface area contributed by atoms with E-state index in [0.717, 1.165) is 64.2 Å². The molecule has 5 heteroatoms. The molecule has 0 unspecified atom stereocenters. The summed E-state index contributed by atoms with van der Waals surface area (Å²) in [6.07, 6.45) is 68.0. The van der Waals surface area contributed by atoms with Crippen molar-refractivity contribution in [2.75, 3.05) is 19.8 Å². The normalized spacial score (nSPS) is 12.8. The lowest BCUT2D eigenvalue weighted by Gasteiger charge is -2.18. The number of unbranched alkanes of at least 4 members (excludes halogenated alkanes) is 25. The van der Waals surface area contributed by atoms with Crippen LogP contribution >= 0.6 is 0 Å². The molecule has 0 saturated carbocycles. The third-order valence-electron chi connectivity index (χ3n) is 11.3. The van der Waals surface area contributed by atoms with E-state index in [1.165, 1.54) is 148 Å². The summed E-state index contributed by atoms with van der Waals surface area (Å²) in [7, 11) is 0. The Balaban J connectivity index is 4.35. The average molecular weight is 865 g/mol. The lowest BCUT2D eigenvalue weighted by Crippen LogP contribution is -2.29. The fraction of sp³-hybridized carbons (Fsp3) is 0.754. The molecule has 5 nitrogen and oxygen atoms in total. The molecule has 0 aromatic heterocycles. The largest absolute Gasteiger partial charge is 0.463 e. The Morgan fingerprint density at radius 1 is 0.339 bits per heavy atom. The summed E-state index contributed by atoms with van der Waals surface area (Å²) in [5.41, 5.74) is 0. The minimum absolute atomic E-state index is 0.115. The number of allylic oxidation sites excluding steroid dienone is 12. The molecule has 62 heavy (non-hydrogen) atoms. The highest BCUT2D eigenvalue weighted by molar-refractivity contribution is 5.70. The topological polar surface area (TPSA) is 61.8 Å². The zero-order valence-electron chi connectivity index (χ0n) is 41.1. The second-order valence-electron chi connectivity index (χ2n) is 17.4. The molecular formula is C57H100O5. The molecule has 358 valence electrons. The van der Waals surface area contributed by atoms with Crippen LogP contribution in [0.5, 0.6) is 0 Å². The molecular weight excluding hydrogens is 765 g/mol. The van der Waals surface area contributed by atoms with Gasteiger partial charge in [0.05, 0.1) is 0 Å². The number of esters is 2. The molecule has 0 fully saturated rings. The Morgan fingerprint density at radius 2 is 0.661 bits per heavy atom. The monoisotopic (exact) mass is 865 g/mol. The van der Waals surface area contributed by atoms with Crippen molar-refractivity contribution < 1.29 is 23.8 Å². The van der Waals surface area contributed by atoms with E-state index in [9.17, 15) is 9.59 Å². The zero-order valence-corrected chi connectivity index (χ0v) is 41.1. The van der Waals surface area contributed by atoms with Crippen molar-refractivity contribution in [3.8, 4) is 0 Å². The van der Waals surface area contributed by atoms with Gasteiger partial charge in [0.25, 0.3) is 0 Å². The van der Waals surface area contributed by atoms with Crippen LogP contribution in [0.3, 0.4) is 0 Å². The number of ether oxygens (including phenoxy) is 3. The molecule has 0 aliphatic carbocycles. The van der Waals surface area contributed by atoms with Crippen molar-refractivity contribution in [1.29, 1.82) is 0 Å². The van der Waals surface area contributed by atoms with Gasteiger partial charge in [-0.1, -0.05) is 235 Å². The fourth-order valence-electron chi connectivity index (χ4n) is 7.21. The molecule has 0 radical (unpaired) electrons. The molecule has 0 N–H and O–H groups in total. The second-order valence-corrected chi connectivity index (χ2v) is 17.4. The summed E-state index contributed by atoms with van der Waals surface area (Å²) in [5.74, 6) is -0.434. The lowest BCUT2D eigenvalue weighted by molar-refractivity contribution is -0.155. The van der Waals surface area contributed by atoms with Crippen LogP contribution in [0, 0.1) is 0 Å². The fourth-order valence-corrected chi connectivity index (χ4v) is 7.21. The quantitative estimate of drug-likeness (QED) is 0.0346. The van der Waals surface area contributed by atoms with Crippen molar-refractivity contribution in [3.63, 3.8) is 0 Å². The van der Waals surface area contributed by atoms with Crippen molar-refractivity contribution in [1.82, 2.24) is 0 Å². The van der Waals surface area contributed by atoms with E-state index < -0.39 is 6.10 Å². The molecule has 0 spiro atoms. The molecule has 0 rings (SSSR count). The Bertz CT molecular complexity index is 1110. The second kappa shape index (κ2) is 52.7. The van der Waals surface area contributed by atoms with Crippen LogP contribution in [-0.4, -0.2) is 37.9 Å². The molecule has 0 aliphatic heterocycles. The molecule has 0 amide bonds. The van der Waals surface area contributed by atoms with Gasteiger partial charge in [-0.05, 0) is 77.0 Å². The standard InChI is InChI=1S/C57H100O5/c1-4-7-10-13-16-19-22-24-26-28-29-30-31-33-36-39-42-45-48-51-57(59)62-54-55(53-61-56(58)50-47-44-41-38-35-21-18-15-12-9-6-3)60-52-49-46-43-40-37-34-32-27-25-23-20-17-14-11-8-5-2/h15-16,18-19,24,26,29-30,33,36,42,45,55H,4-14,17,20-23,25,27-28,31-32,34-35,37-41,43-44,46-54H2,1-3H3/b18-15-,19-16-,26-24-,30-29-,36-33-,45-42-/t55-/m0/s1. The molecule has 0 aromatic rings. The maximum absolute atomic E-state index is 12.6. The predicted molar refractivity (Wildman–Crippen MR) is 270 cm³/mol. The first-order valence-electron chi connectivity index (χ1n) is 26.5. The smallest absolute Gasteiger partial charge is 0.306 e. The van der Waals surface area contributed by atoms with Gasteiger partial charge in [0.15, 0.2) is 0 Å². The number of carbonyl (C=O) groups is 2. The van der Waals surface area contributed by atoms with Gasteiger partial charge < -0.3 is 14.2 Å². The number of hydrogen-bond acceptors (Lipinski definition) is 5. The van der Waals surface area contributed by atoms with E-state index >= 15 is 0 Å². The molecule has 0 aromatic carbocycles. The molecule has 1 atom stereocenters. The minimum atomic E-state index is -0.433. The summed E-state index contributed by atoms with van der Waals surface area (Å²) in [4.78, 5) is 25.1. The van der Waals surface area contributed by atoms with E-state index in [0.29, 0.717) is 25.9 Å². The summed E-state index contributed by atoms with van der Waals surface area (Å²) in [6.45, 7) is 7.59. The third kappa shape index (κ3) is 50.0. The summed E-state index contributed by atoms with van der Waals surface area (Å²) >= 11 is 0. The van der Waals surface area contributed by atoms with Gasteiger partial charge in [-0.3, -0.25) is 9.59 Å². The van der Waals surface area contributed by atoms with Crippen molar-refractivity contribution in [2.45, 2.75) is 258 Å². The maximum Gasteiger partial charge on any atom is 0.306 e. The number of rotatable bonds is 48. The first-order valence-corrected chi connectivity index (χ1v) is 26.5. The van der Waals surface area contributed by atoms with Crippen LogP contribution in [-0.2, 0) is 23.8 Å². The summed E-state index contributed by atoms with van der Waals surface area (Å²) in [5, 5.41) is 0. The molecule has 0 heterocycles. The lowest BCUT2D eigenvalue weighted by atomic mass is 10.0. The summed E-state index contributed by atoms with van der Waals surface area (Å²) < 4.78 is 17.4. The summed E-state index contributed by atoms with van der Waals surface area (Å²) in [6, 6.07) is 0. The van der Waals surface area contributed by atoms with Crippen LogP contribution in [0.1, 0.15) is 252 Å². The van der Waals surface area contributed by atoms with E-state index in [2.05, 4.69) is 87.6 Å². The number of hydrogen-bond donors (Lipinski definition) is 0. The Kier molecular flexibility index (Phi) is 50.4. The molecule has 0 bridgehead atoms. The first-order chi connectivity index (χ1) is 30.6. The zero-order chi connectivity index (χ0) is 44.9. The Morgan fingerprint density at radius 3 is 1.15 bits per heavy atom. The van der Waals surface area contributed by atoms with E-state index in [1.54, 1.807) is 0 Å². The highest BCUT2D eigenvalue weighted by Gasteiger charge is 2.15. The van der Waals surface area contributed by atoms with Gasteiger partial charge >= 0.3 is 11.9 Å². The van der Waals surface area contributed by atoms with Crippen molar-refractivity contribution in [3.05, 3.63) is 72.9 Å². The van der Waals surface area contributed by atoms with Gasteiger partial charge in [-0.2, -0.15) is 0 Å². The highest BCUT2D eigenvalue weighted by Crippen LogP contribution is 2.15. The van der Waals surface area contributed by atoms with Crippen molar-refractivity contribution >= 4 is 11.9 Å². The SMILES string of the molecule is CCCC/C=C\CCCCCCCC(=O)OC[C@@H](COC(=O)CC/C=C\C/C=C\C/C=C\C/C=C\C/C=C\CCCCC)OCCCCCCCCCCCCCCCCCC. The van der Waals surface area contributed by atoms with Crippen LogP contribution in [0.15, 0.2) is 72.9 Å². The first kappa shape index (κ1) is 59.3. The predicted octanol–water partition coefficient (Wildman–Crippen LogP) is 17.9. The van der Waals surface area contributed by atoms with E-state index in [4.69, 9.17) is 14.2 Å². The van der Waals surface area contributed by atoms with Crippen LogP contribution < -0.4 is 0 Å². The molecule has 0 saturated heterocycles. The van der Waals surface area contributed by atoms with Crippen LogP contribution in [0.2, 0.25) is 0 Å². The van der Waals surface area contributed by atoms with Gasteiger partial charge in [0, 0.05) is 19.4 Å². The van der Waals surface area contributed by atoms with Crippen LogP contribution in [0.25, 0.3) is 0 Å². The van der Waals surface area contributed by atoms with Crippen LogP contribution in [0.4, 0.5) is 0 Å². The van der Waals surface area contributed by atoms with Gasteiger partial charge in [-0.25, -0.2) is 0 Å². The van der Waals surface area contributed by atoms with Crippen molar-refractivity contribution in [2.24, 2.45) is 0 Å². The number of carbonyl (C=O) groups excluding carboxylic acids is 2. The maximum atomic E-state index is 12.6. The third-order valence-corrected chi connectivity index (χ3v) is 11.3. The van der Waals surface area contributed by atoms with E-state index in [-0.39, 0.29) is 25.2 Å². The highest BCUT2D eigenvalue weighted by atomic mass is 16.6. The van der Waals surface area contributed by atoms with Gasteiger partial charge in [0.1, 0.15) is 19.3 Å². The Hall–Kier alpha value is -2.66. The Labute approximate surface area is 385 Å². The average Bonchev–Trinajstić information content (AvgIpc) is 3.28.